The zero-order valence-electron chi connectivity index (χ0n) is 9.69. The Morgan fingerprint density at radius 3 is 1.83 bits per heavy atom. The first-order valence-electron chi connectivity index (χ1n) is 4.80. The zero-order valence-corrected chi connectivity index (χ0v) is 11.8. The molecule has 0 amide bonds. The largest absolute Gasteiger partial charge is 0.416 e. The second-order valence-electron chi connectivity index (χ2n) is 5.66. The third kappa shape index (κ3) is 7.07. The first kappa shape index (κ1) is 12.4. The second-order valence-corrected chi connectivity index (χ2v) is 13.5. The van der Waals surface area contributed by atoms with Crippen molar-refractivity contribution in [2.24, 2.45) is 0 Å². The average Bonchev–Trinajstić information content (AvgIpc) is 1.48. The molecule has 0 aliphatic rings. The summed E-state index contributed by atoms with van der Waals surface area (Å²) in [6.07, 6.45) is 0. The lowest BCUT2D eigenvalue weighted by Crippen LogP contribution is -2.38. The highest BCUT2D eigenvalue weighted by Gasteiger charge is 2.27. The third-order valence-electron chi connectivity index (χ3n) is 1.51. The molecule has 12 heavy (non-hydrogen) atoms. The van der Waals surface area contributed by atoms with Gasteiger partial charge in [0.05, 0.1) is 0 Å². The van der Waals surface area contributed by atoms with Crippen LogP contribution in [-0.4, -0.2) is 22.7 Å². The van der Waals surface area contributed by atoms with Crippen LogP contribution in [0.25, 0.3) is 0 Å². The van der Waals surface area contributed by atoms with Gasteiger partial charge < -0.3 is 4.43 Å². The zero-order chi connectivity index (χ0) is 9.99. The fourth-order valence-electron chi connectivity index (χ4n) is 1.96. The van der Waals surface area contributed by atoms with E-state index in [4.69, 9.17) is 4.43 Å². The smallest absolute Gasteiger partial charge is 0.171 e. The molecule has 0 N–H and O–H groups in total. The van der Waals surface area contributed by atoms with Crippen LogP contribution in [0.4, 0.5) is 0 Å². The summed E-state index contributed by atoms with van der Waals surface area (Å²) >= 11 is 0. The summed E-state index contributed by atoms with van der Waals surface area (Å²) in [6, 6.07) is 1.27. The Bertz CT molecular complexity index is 136. The van der Waals surface area contributed by atoms with Gasteiger partial charge in [-0.2, -0.15) is 0 Å². The summed E-state index contributed by atoms with van der Waals surface area (Å²) in [5.41, 5.74) is 0.130. The van der Waals surface area contributed by atoms with Gasteiger partial charge in [0.1, 0.15) is 0 Å². The van der Waals surface area contributed by atoms with E-state index in [0.29, 0.717) is 0 Å². The van der Waals surface area contributed by atoms with Crippen molar-refractivity contribution in [1.82, 2.24) is 0 Å². The van der Waals surface area contributed by atoms with E-state index in [0.717, 1.165) is 0 Å². The van der Waals surface area contributed by atoms with Crippen molar-refractivity contribution >= 4 is 17.1 Å². The molecule has 0 unspecified atom stereocenters. The van der Waals surface area contributed by atoms with E-state index < -0.39 is 17.1 Å². The Labute approximate surface area is 80.3 Å². The van der Waals surface area contributed by atoms with Crippen LogP contribution in [0.5, 0.6) is 0 Å². The van der Waals surface area contributed by atoms with Crippen molar-refractivity contribution in [3.63, 3.8) is 0 Å². The van der Waals surface area contributed by atoms with Crippen LogP contribution in [0.1, 0.15) is 13.8 Å². The minimum absolute atomic E-state index is 0.130. The van der Waals surface area contributed by atoms with Gasteiger partial charge in [-0.3, -0.25) is 0 Å². The van der Waals surface area contributed by atoms with Crippen LogP contribution in [-0.2, 0) is 4.43 Å². The predicted molar refractivity (Wildman–Crippen MR) is 62.2 cm³/mol. The third-order valence-corrected chi connectivity index (χ3v) is 4.53. The lowest BCUT2D eigenvalue weighted by atomic mass is 10.2. The van der Waals surface area contributed by atoms with Gasteiger partial charge in [-0.25, -0.2) is 0 Å². The lowest BCUT2D eigenvalue weighted by Gasteiger charge is -2.33. The number of hydrogen-bond acceptors (Lipinski definition) is 1. The van der Waals surface area contributed by atoms with E-state index in [1.165, 1.54) is 6.04 Å². The van der Waals surface area contributed by atoms with Gasteiger partial charge in [-0.1, -0.05) is 19.6 Å². The minimum atomic E-state index is -0.962. The van der Waals surface area contributed by atoms with E-state index in [9.17, 15) is 0 Å². The first-order chi connectivity index (χ1) is 5.12. The van der Waals surface area contributed by atoms with Crippen molar-refractivity contribution in [3.05, 3.63) is 0 Å². The SMILES string of the molecule is C[SiH](C)OC(C)(C)C[Si](C)(C)C. The van der Waals surface area contributed by atoms with E-state index in [2.05, 4.69) is 46.6 Å². The molecule has 0 rings (SSSR count). The highest BCUT2D eigenvalue weighted by Crippen LogP contribution is 2.24. The van der Waals surface area contributed by atoms with Gasteiger partial charge in [0.15, 0.2) is 9.04 Å². The van der Waals surface area contributed by atoms with Gasteiger partial charge in [-0.05, 0) is 33.0 Å². The molecule has 0 radical (unpaired) electrons. The molecule has 0 aromatic heterocycles. The van der Waals surface area contributed by atoms with E-state index in [-0.39, 0.29) is 5.60 Å². The number of rotatable bonds is 4. The topological polar surface area (TPSA) is 9.23 Å². The molecule has 0 fully saturated rings. The highest BCUT2D eigenvalue weighted by molar-refractivity contribution is 6.76. The van der Waals surface area contributed by atoms with Crippen LogP contribution in [0.3, 0.4) is 0 Å². The van der Waals surface area contributed by atoms with Gasteiger partial charge in [0, 0.05) is 13.7 Å². The van der Waals surface area contributed by atoms with Gasteiger partial charge in [0.25, 0.3) is 0 Å². The Morgan fingerprint density at radius 2 is 1.58 bits per heavy atom. The van der Waals surface area contributed by atoms with Crippen molar-refractivity contribution in [1.29, 1.82) is 0 Å². The normalized spacial score (nSPS) is 14.0. The van der Waals surface area contributed by atoms with Crippen molar-refractivity contribution < 1.29 is 4.43 Å². The summed E-state index contributed by atoms with van der Waals surface area (Å²) in [4.78, 5) is 0. The highest BCUT2D eigenvalue weighted by atomic mass is 28.3. The average molecular weight is 204 g/mol. The predicted octanol–water partition coefficient (Wildman–Crippen LogP) is 3.10. The van der Waals surface area contributed by atoms with Crippen LogP contribution in [0.15, 0.2) is 0 Å². The maximum Gasteiger partial charge on any atom is 0.171 e. The quantitative estimate of drug-likeness (QED) is 0.640. The van der Waals surface area contributed by atoms with Crippen molar-refractivity contribution in [2.75, 3.05) is 0 Å². The van der Waals surface area contributed by atoms with Crippen molar-refractivity contribution in [3.8, 4) is 0 Å². The summed E-state index contributed by atoms with van der Waals surface area (Å²) in [6.45, 7) is 16.2. The van der Waals surface area contributed by atoms with Gasteiger partial charge in [-0.15, -0.1) is 0 Å². The molecule has 0 bridgehead atoms. The molecule has 0 aliphatic carbocycles. The summed E-state index contributed by atoms with van der Waals surface area (Å²) in [5.74, 6) is 0. The fourth-order valence-corrected chi connectivity index (χ4v) is 6.12. The van der Waals surface area contributed by atoms with Crippen LogP contribution < -0.4 is 0 Å². The molecular weight excluding hydrogens is 180 g/mol. The molecular formula is C9H24OSi2. The first-order valence-corrected chi connectivity index (χ1v) is 11.3. The van der Waals surface area contributed by atoms with E-state index in [1.54, 1.807) is 0 Å². The molecule has 0 aliphatic heterocycles. The lowest BCUT2D eigenvalue weighted by molar-refractivity contribution is 0.130. The molecule has 0 aromatic rings. The van der Waals surface area contributed by atoms with Gasteiger partial charge >= 0.3 is 0 Å². The molecule has 3 heteroatoms. The summed E-state index contributed by atoms with van der Waals surface area (Å²) in [7, 11) is -1.83. The molecule has 0 aromatic carbocycles. The van der Waals surface area contributed by atoms with Crippen LogP contribution in [0, 0.1) is 0 Å². The van der Waals surface area contributed by atoms with Gasteiger partial charge in [0.2, 0.25) is 0 Å². The Morgan fingerprint density at radius 1 is 1.17 bits per heavy atom. The monoisotopic (exact) mass is 204 g/mol. The Kier molecular flexibility index (Phi) is 4.20. The van der Waals surface area contributed by atoms with Crippen LogP contribution >= 0.6 is 0 Å². The number of hydrogen-bond donors (Lipinski definition) is 0. The van der Waals surface area contributed by atoms with Crippen molar-refractivity contribution in [2.45, 2.75) is 58.2 Å². The maximum atomic E-state index is 5.99. The molecule has 0 spiro atoms. The molecule has 74 valence electrons. The summed E-state index contributed by atoms with van der Waals surface area (Å²) < 4.78 is 5.99. The minimum Gasteiger partial charge on any atom is -0.416 e. The molecule has 0 saturated carbocycles. The Hall–Kier alpha value is 0.394. The fraction of sp³-hybridized carbons (Fsp3) is 1.00. The molecule has 0 saturated heterocycles. The second kappa shape index (κ2) is 4.07. The van der Waals surface area contributed by atoms with Crippen LogP contribution in [0.2, 0.25) is 38.8 Å². The van der Waals surface area contributed by atoms with E-state index >= 15 is 0 Å². The molecule has 0 heterocycles. The Balaban J connectivity index is 4.04. The maximum absolute atomic E-state index is 5.99. The molecule has 0 atom stereocenters. The standard InChI is InChI=1S/C9H24OSi2/c1-9(2,10-11(3)4)8-12(5,6)7/h11H,8H2,1-7H3. The summed E-state index contributed by atoms with van der Waals surface area (Å²) in [5, 5.41) is 0. The molecule has 1 nitrogen and oxygen atoms in total. The van der Waals surface area contributed by atoms with E-state index in [1.807, 2.05) is 0 Å².